The zero-order valence-corrected chi connectivity index (χ0v) is 4.86. The first-order chi connectivity index (χ1) is 4.43. The van der Waals surface area contributed by atoms with E-state index in [1.54, 1.807) is 24.5 Å². The lowest BCUT2D eigenvalue weighted by Gasteiger charge is -1.85. The fourth-order valence-corrected chi connectivity index (χ4v) is 0.483. The average molecular weight is 121 g/mol. The molecule has 46 valence electrons. The second kappa shape index (κ2) is 2.81. The minimum atomic E-state index is 0.639. The summed E-state index contributed by atoms with van der Waals surface area (Å²) in [5.41, 5.74) is 5.10. The minimum absolute atomic E-state index is 0.639. The molecule has 1 heterocycles. The average Bonchev–Trinajstić information content (AvgIpc) is 1.91. The Hall–Kier alpha value is -1.38. The molecule has 1 rings (SSSR count). The van der Waals surface area contributed by atoms with E-state index in [0.717, 1.165) is 0 Å². The minimum Gasteiger partial charge on any atom is -0.404 e. The summed E-state index contributed by atoms with van der Waals surface area (Å²) in [6, 6.07) is 1.76. The van der Waals surface area contributed by atoms with E-state index in [-0.39, 0.29) is 0 Å². The van der Waals surface area contributed by atoms with Crippen molar-refractivity contribution in [2.45, 2.75) is 0 Å². The number of nitrogens with two attached hydrogens (primary N) is 1. The molecule has 1 aromatic rings. The second-order valence-electron chi connectivity index (χ2n) is 1.47. The molecule has 9 heavy (non-hydrogen) atoms. The van der Waals surface area contributed by atoms with Crippen LogP contribution in [0.1, 0.15) is 5.82 Å². The highest BCUT2D eigenvalue weighted by Gasteiger charge is 1.81. The quantitative estimate of drug-likeness (QED) is 0.585. The molecule has 0 aromatic carbocycles. The van der Waals surface area contributed by atoms with Crippen molar-refractivity contribution in [3.63, 3.8) is 0 Å². The van der Waals surface area contributed by atoms with Gasteiger partial charge in [-0.3, -0.25) is 0 Å². The van der Waals surface area contributed by atoms with E-state index in [1.807, 2.05) is 0 Å². The fourth-order valence-electron chi connectivity index (χ4n) is 0.483. The first kappa shape index (κ1) is 5.75. The van der Waals surface area contributed by atoms with Gasteiger partial charge in [0.1, 0.15) is 0 Å². The van der Waals surface area contributed by atoms with Crippen LogP contribution in [0.4, 0.5) is 0 Å². The lowest BCUT2D eigenvalue weighted by atomic mass is 10.5. The molecule has 0 aliphatic heterocycles. The molecule has 0 aliphatic rings. The van der Waals surface area contributed by atoms with Gasteiger partial charge in [0.2, 0.25) is 0 Å². The van der Waals surface area contributed by atoms with Crippen LogP contribution in [0.2, 0.25) is 0 Å². The summed E-state index contributed by atoms with van der Waals surface area (Å²) in [5.74, 6) is 0.639. The Labute approximate surface area is 53.3 Å². The van der Waals surface area contributed by atoms with Gasteiger partial charge in [-0.1, -0.05) is 0 Å². The van der Waals surface area contributed by atoms with Crippen molar-refractivity contribution >= 4 is 6.08 Å². The van der Waals surface area contributed by atoms with E-state index in [4.69, 9.17) is 5.73 Å². The molecule has 0 fully saturated rings. The Bertz CT molecular complexity index is 193. The second-order valence-corrected chi connectivity index (χ2v) is 1.47. The summed E-state index contributed by atoms with van der Waals surface area (Å²) in [6.07, 6.45) is 6.39. The third-order valence-corrected chi connectivity index (χ3v) is 0.831. The van der Waals surface area contributed by atoms with Gasteiger partial charge in [0.25, 0.3) is 0 Å². The van der Waals surface area contributed by atoms with Gasteiger partial charge in [-0.15, -0.1) is 0 Å². The zero-order chi connectivity index (χ0) is 6.53. The van der Waals surface area contributed by atoms with Gasteiger partial charge in [0, 0.05) is 12.4 Å². The molecule has 0 bridgehead atoms. The molecule has 0 unspecified atom stereocenters. The lowest BCUT2D eigenvalue weighted by Crippen LogP contribution is -1.84. The van der Waals surface area contributed by atoms with Crippen LogP contribution in [0, 0.1) is 0 Å². The highest BCUT2D eigenvalue weighted by atomic mass is 14.8. The van der Waals surface area contributed by atoms with E-state index in [9.17, 15) is 0 Å². The number of hydrogen-bond acceptors (Lipinski definition) is 3. The van der Waals surface area contributed by atoms with Gasteiger partial charge >= 0.3 is 0 Å². The van der Waals surface area contributed by atoms with Gasteiger partial charge in [0.05, 0.1) is 0 Å². The number of aromatic nitrogens is 2. The normalized spacial score (nSPS) is 10.2. The van der Waals surface area contributed by atoms with Crippen molar-refractivity contribution in [3.8, 4) is 0 Å². The van der Waals surface area contributed by atoms with E-state index in [1.165, 1.54) is 6.20 Å². The Morgan fingerprint density at radius 3 is 2.56 bits per heavy atom. The van der Waals surface area contributed by atoms with E-state index in [0.29, 0.717) is 5.82 Å². The Kier molecular flexibility index (Phi) is 1.80. The molecular formula is C6H7N3. The van der Waals surface area contributed by atoms with Crippen molar-refractivity contribution < 1.29 is 0 Å². The molecule has 3 heteroatoms. The number of rotatable bonds is 1. The fraction of sp³-hybridized carbons (Fsp3) is 0. The molecule has 0 saturated heterocycles. The van der Waals surface area contributed by atoms with Crippen LogP contribution in [0.5, 0.6) is 0 Å². The Morgan fingerprint density at radius 1 is 1.33 bits per heavy atom. The van der Waals surface area contributed by atoms with Crippen LogP contribution < -0.4 is 5.73 Å². The van der Waals surface area contributed by atoms with Gasteiger partial charge < -0.3 is 5.73 Å². The third-order valence-electron chi connectivity index (χ3n) is 0.831. The highest BCUT2D eigenvalue weighted by molar-refractivity contribution is 5.37. The largest absolute Gasteiger partial charge is 0.404 e. The maximum atomic E-state index is 5.10. The van der Waals surface area contributed by atoms with Gasteiger partial charge in [-0.05, 0) is 18.3 Å². The Balaban J connectivity index is 2.85. The summed E-state index contributed by atoms with van der Waals surface area (Å²) in [7, 11) is 0. The smallest absolute Gasteiger partial charge is 0.153 e. The first-order valence-corrected chi connectivity index (χ1v) is 2.59. The summed E-state index contributed by atoms with van der Waals surface area (Å²) < 4.78 is 0. The predicted molar refractivity (Wildman–Crippen MR) is 35.3 cm³/mol. The van der Waals surface area contributed by atoms with Crippen LogP contribution >= 0.6 is 0 Å². The van der Waals surface area contributed by atoms with Gasteiger partial charge in [-0.2, -0.15) is 0 Å². The van der Waals surface area contributed by atoms with Crippen molar-refractivity contribution in [1.82, 2.24) is 9.97 Å². The van der Waals surface area contributed by atoms with Gasteiger partial charge in [-0.25, -0.2) is 9.97 Å². The molecule has 0 atom stereocenters. The molecule has 0 amide bonds. The van der Waals surface area contributed by atoms with E-state index in [2.05, 4.69) is 9.97 Å². The summed E-state index contributed by atoms with van der Waals surface area (Å²) >= 11 is 0. The van der Waals surface area contributed by atoms with Crippen molar-refractivity contribution in [2.75, 3.05) is 0 Å². The topological polar surface area (TPSA) is 51.8 Å². The maximum absolute atomic E-state index is 5.10. The van der Waals surface area contributed by atoms with Gasteiger partial charge in [0.15, 0.2) is 5.82 Å². The molecule has 0 saturated carbocycles. The number of hydrogen-bond donors (Lipinski definition) is 1. The highest BCUT2D eigenvalue weighted by Crippen LogP contribution is 1.87. The SMILES string of the molecule is N/C=C/c1ncccn1. The van der Waals surface area contributed by atoms with Crippen LogP contribution in [-0.4, -0.2) is 9.97 Å². The molecule has 1 aromatic heterocycles. The number of nitrogens with zero attached hydrogens (tertiary/aromatic N) is 2. The van der Waals surface area contributed by atoms with Crippen molar-refractivity contribution in [1.29, 1.82) is 0 Å². The standard InChI is InChI=1S/C6H7N3/c7-3-2-6-8-4-1-5-9-6/h1-5H,7H2/b3-2+. The summed E-state index contributed by atoms with van der Waals surface area (Å²) in [4.78, 5) is 7.78. The lowest BCUT2D eigenvalue weighted by molar-refractivity contribution is 1.13. The predicted octanol–water partition coefficient (Wildman–Crippen LogP) is 0.406. The summed E-state index contributed by atoms with van der Waals surface area (Å²) in [6.45, 7) is 0. The molecule has 0 spiro atoms. The van der Waals surface area contributed by atoms with Crippen molar-refractivity contribution in [3.05, 3.63) is 30.5 Å². The van der Waals surface area contributed by atoms with Crippen molar-refractivity contribution in [2.24, 2.45) is 5.73 Å². The molecule has 2 N–H and O–H groups in total. The summed E-state index contributed by atoms with van der Waals surface area (Å²) in [5, 5.41) is 0. The first-order valence-electron chi connectivity index (χ1n) is 2.59. The molecule has 0 aliphatic carbocycles. The Morgan fingerprint density at radius 2 is 2.00 bits per heavy atom. The van der Waals surface area contributed by atoms with Crippen LogP contribution in [-0.2, 0) is 0 Å². The van der Waals surface area contributed by atoms with Crippen LogP contribution in [0.3, 0.4) is 0 Å². The van der Waals surface area contributed by atoms with Crippen LogP contribution in [0.25, 0.3) is 6.08 Å². The molecular weight excluding hydrogens is 114 g/mol. The zero-order valence-electron chi connectivity index (χ0n) is 4.86. The maximum Gasteiger partial charge on any atom is 0.153 e. The van der Waals surface area contributed by atoms with E-state index >= 15 is 0 Å². The van der Waals surface area contributed by atoms with Crippen LogP contribution in [0.15, 0.2) is 24.7 Å². The van der Waals surface area contributed by atoms with E-state index < -0.39 is 0 Å². The molecule has 0 radical (unpaired) electrons. The monoisotopic (exact) mass is 121 g/mol. The molecule has 3 nitrogen and oxygen atoms in total. The third kappa shape index (κ3) is 1.53.